The number of rotatable bonds is 4. The Morgan fingerprint density at radius 2 is 1.32 bits per heavy atom. The van der Waals surface area contributed by atoms with Gasteiger partial charge < -0.3 is 0 Å². The molecule has 1 unspecified atom stereocenters. The molecular formula is C28H25. The highest BCUT2D eigenvalue weighted by Crippen LogP contribution is 2.53. The number of fused-ring (bicyclic) bond motifs is 1. The van der Waals surface area contributed by atoms with Crippen LogP contribution in [0.1, 0.15) is 36.0 Å². The first kappa shape index (κ1) is 17.3. The summed E-state index contributed by atoms with van der Waals surface area (Å²) in [5.41, 5.74) is 4.38. The topological polar surface area (TPSA) is 0 Å². The summed E-state index contributed by atoms with van der Waals surface area (Å²) in [6.45, 7) is 0. The van der Waals surface area contributed by atoms with Crippen molar-refractivity contribution in [3.63, 3.8) is 0 Å². The fourth-order valence-electron chi connectivity index (χ4n) is 5.19. The average Bonchev–Trinajstić information content (AvgIpc) is 3.19. The van der Waals surface area contributed by atoms with Gasteiger partial charge in [-0.25, -0.2) is 0 Å². The molecule has 0 aliphatic heterocycles. The van der Waals surface area contributed by atoms with E-state index in [4.69, 9.17) is 0 Å². The Hall–Kier alpha value is -2.86. The minimum absolute atomic E-state index is 0.0591. The van der Waals surface area contributed by atoms with Crippen LogP contribution >= 0.6 is 0 Å². The van der Waals surface area contributed by atoms with Crippen LogP contribution in [0.3, 0.4) is 0 Å². The highest BCUT2D eigenvalue weighted by atomic mass is 14.5. The zero-order valence-electron chi connectivity index (χ0n) is 16.1. The van der Waals surface area contributed by atoms with E-state index in [9.17, 15) is 0 Å². The monoisotopic (exact) mass is 361 g/mol. The van der Waals surface area contributed by atoms with Crippen molar-refractivity contribution >= 4 is 10.8 Å². The molecule has 1 fully saturated rings. The second-order valence-corrected chi connectivity index (χ2v) is 7.97. The third kappa shape index (κ3) is 2.94. The fourth-order valence-corrected chi connectivity index (χ4v) is 5.19. The predicted octanol–water partition coefficient (Wildman–Crippen LogP) is 7.13. The summed E-state index contributed by atoms with van der Waals surface area (Å²) < 4.78 is 0. The first-order chi connectivity index (χ1) is 13.9. The molecule has 137 valence electrons. The molecule has 0 spiro atoms. The van der Waals surface area contributed by atoms with Gasteiger partial charge in [0.15, 0.2) is 0 Å². The third-order valence-corrected chi connectivity index (χ3v) is 6.38. The average molecular weight is 362 g/mol. The Balaban J connectivity index is 1.73. The van der Waals surface area contributed by atoms with Crippen LogP contribution in [0, 0.1) is 5.92 Å². The molecular weight excluding hydrogens is 336 g/mol. The van der Waals surface area contributed by atoms with E-state index < -0.39 is 0 Å². The lowest BCUT2D eigenvalue weighted by molar-refractivity contribution is 0.481. The largest absolute Gasteiger partial charge is 0.0622 e. The molecule has 1 radical (unpaired) electrons. The summed E-state index contributed by atoms with van der Waals surface area (Å²) in [6, 6.07) is 37.8. The summed E-state index contributed by atoms with van der Waals surface area (Å²) in [5.74, 6) is 1.60. The SMILES string of the molecule is c1ccc(CC2(c3cccc4ccccc34)CCC[C]2c2ccccc2)cc1. The van der Waals surface area contributed by atoms with Gasteiger partial charge in [0.25, 0.3) is 0 Å². The first-order valence-corrected chi connectivity index (χ1v) is 10.3. The molecule has 28 heavy (non-hydrogen) atoms. The second-order valence-electron chi connectivity index (χ2n) is 7.97. The Morgan fingerprint density at radius 1 is 0.643 bits per heavy atom. The molecule has 5 rings (SSSR count). The lowest BCUT2D eigenvalue weighted by atomic mass is 9.65. The lowest BCUT2D eigenvalue weighted by Gasteiger charge is -2.37. The van der Waals surface area contributed by atoms with Crippen LogP contribution < -0.4 is 0 Å². The van der Waals surface area contributed by atoms with Gasteiger partial charge in [-0.2, -0.15) is 0 Å². The number of hydrogen-bond donors (Lipinski definition) is 0. The summed E-state index contributed by atoms with van der Waals surface area (Å²) >= 11 is 0. The van der Waals surface area contributed by atoms with Crippen LogP contribution in [-0.2, 0) is 11.8 Å². The quantitative estimate of drug-likeness (QED) is 0.363. The van der Waals surface area contributed by atoms with Gasteiger partial charge in [0.1, 0.15) is 0 Å². The van der Waals surface area contributed by atoms with Gasteiger partial charge >= 0.3 is 0 Å². The maximum atomic E-state index is 2.37. The molecule has 0 nitrogen and oxygen atoms in total. The molecule has 0 heteroatoms. The van der Waals surface area contributed by atoms with Crippen LogP contribution in [0.4, 0.5) is 0 Å². The van der Waals surface area contributed by atoms with E-state index in [1.54, 1.807) is 5.92 Å². The van der Waals surface area contributed by atoms with Gasteiger partial charge in [0.05, 0.1) is 0 Å². The molecule has 0 aromatic heterocycles. The van der Waals surface area contributed by atoms with Crippen LogP contribution in [0.2, 0.25) is 0 Å². The molecule has 0 bridgehead atoms. The number of benzene rings is 4. The Bertz CT molecular complexity index is 1060. The van der Waals surface area contributed by atoms with E-state index in [2.05, 4.69) is 103 Å². The Labute approximate surface area is 167 Å². The normalized spacial score (nSPS) is 19.9. The predicted molar refractivity (Wildman–Crippen MR) is 118 cm³/mol. The molecule has 1 atom stereocenters. The highest BCUT2D eigenvalue weighted by molar-refractivity contribution is 5.87. The van der Waals surface area contributed by atoms with E-state index in [1.165, 1.54) is 46.7 Å². The fraction of sp³-hybridized carbons (Fsp3) is 0.179. The molecule has 0 saturated heterocycles. The van der Waals surface area contributed by atoms with Crippen LogP contribution in [0.25, 0.3) is 10.8 Å². The second kappa shape index (κ2) is 7.28. The van der Waals surface area contributed by atoms with Gasteiger partial charge in [-0.05, 0) is 46.7 Å². The summed E-state index contributed by atoms with van der Waals surface area (Å²) in [5, 5.41) is 2.74. The van der Waals surface area contributed by atoms with Gasteiger partial charge in [-0.15, -0.1) is 0 Å². The molecule has 4 aromatic rings. The first-order valence-electron chi connectivity index (χ1n) is 10.3. The lowest BCUT2D eigenvalue weighted by Crippen LogP contribution is -2.33. The summed E-state index contributed by atoms with van der Waals surface area (Å²) in [4.78, 5) is 0. The van der Waals surface area contributed by atoms with Crippen LogP contribution in [-0.4, -0.2) is 0 Å². The summed E-state index contributed by atoms with van der Waals surface area (Å²) in [6.07, 6.45) is 4.70. The van der Waals surface area contributed by atoms with E-state index >= 15 is 0 Å². The van der Waals surface area contributed by atoms with Crippen molar-refractivity contribution in [1.82, 2.24) is 0 Å². The van der Waals surface area contributed by atoms with E-state index in [1.807, 2.05) is 0 Å². The highest BCUT2D eigenvalue weighted by Gasteiger charge is 2.46. The van der Waals surface area contributed by atoms with Gasteiger partial charge in [0, 0.05) is 11.3 Å². The molecule has 1 aliphatic rings. The molecule has 0 heterocycles. The maximum Gasteiger partial charge on any atom is 0.0159 e. The minimum Gasteiger partial charge on any atom is -0.0622 e. The summed E-state index contributed by atoms with van der Waals surface area (Å²) in [7, 11) is 0. The van der Waals surface area contributed by atoms with Crippen molar-refractivity contribution < 1.29 is 0 Å². The molecule has 0 N–H and O–H groups in total. The minimum atomic E-state index is 0.0591. The van der Waals surface area contributed by atoms with Gasteiger partial charge in [0.2, 0.25) is 0 Å². The van der Waals surface area contributed by atoms with Crippen LogP contribution in [0.15, 0.2) is 103 Å². The van der Waals surface area contributed by atoms with Crippen molar-refractivity contribution in [2.75, 3.05) is 0 Å². The Kier molecular flexibility index (Phi) is 4.49. The van der Waals surface area contributed by atoms with E-state index in [-0.39, 0.29) is 5.41 Å². The molecule has 4 aromatic carbocycles. The maximum absolute atomic E-state index is 2.37. The van der Waals surface area contributed by atoms with Crippen molar-refractivity contribution in [1.29, 1.82) is 0 Å². The molecule has 0 amide bonds. The van der Waals surface area contributed by atoms with Crippen molar-refractivity contribution in [3.05, 3.63) is 126 Å². The molecule has 1 aliphatic carbocycles. The van der Waals surface area contributed by atoms with Gasteiger partial charge in [-0.1, -0.05) is 110 Å². The smallest absolute Gasteiger partial charge is 0.0159 e. The zero-order valence-corrected chi connectivity index (χ0v) is 16.1. The van der Waals surface area contributed by atoms with Crippen molar-refractivity contribution in [2.24, 2.45) is 0 Å². The third-order valence-electron chi connectivity index (χ3n) is 6.38. The van der Waals surface area contributed by atoms with Crippen LogP contribution in [0.5, 0.6) is 0 Å². The molecule has 1 saturated carbocycles. The Morgan fingerprint density at radius 3 is 2.14 bits per heavy atom. The van der Waals surface area contributed by atoms with Crippen molar-refractivity contribution in [2.45, 2.75) is 31.1 Å². The zero-order chi connectivity index (χ0) is 18.8. The standard InChI is InChI=1S/C28H25/c1-3-11-22(12-4-1)21-28(20-10-19-26(28)24-14-5-2-6-15-24)27-18-9-16-23-13-7-8-17-25(23)27/h1-9,11-18H,10,19-21H2. The van der Waals surface area contributed by atoms with Gasteiger partial charge in [-0.3, -0.25) is 0 Å². The van der Waals surface area contributed by atoms with E-state index in [0.717, 1.165) is 6.42 Å². The van der Waals surface area contributed by atoms with E-state index in [0.29, 0.717) is 0 Å². The number of hydrogen-bond acceptors (Lipinski definition) is 0. The van der Waals surface area contributed by atoms with Crippen molar-refractivity contribution in [3.8, 4) is 0 Å².